The van der Waals surface area contributed by atoms with Crippen molar-refractivity contribution < 1.29 is 9.32 Å². The topological polar surface area (TPSA) is 80.0 Å². The summed E-state index contributed by atoms with van der Waals surface area (Å²) >= 11 is 1.58. The van der Waals surface area contributed by atoms with Crippen molar-refractivity contribution >= 4 is 17.2 Å². The van der Waals surface area contributed by atoms with E-state index in [9.17, 15) is 4.79 Å². The average molecular weight is 334 g/mol. The Kier molecular flexibility index (Phi) is 5.40. The summed E-state index contributed by atoms with van der Waals surface area (Å²) in [6, 6.07) is 4.51. The van der Waals surface area contributed by atoms with Gasteiger partial charge in [0.25, 0.3) is 0 Å². The molecule has 3 heterocycles. The molecule has 124 valence electrons. The molecule has 0 spiro atoms. The minimum Gasteiger partial charge on any atom is -0.352 e. The van der Waals surface area contributed by atoms with Crippen LogP contribution < -0.4 is 10.6 Å². The lowest BCUT2D eigenvalue weighted by molar-refractivity contribution is -0.122. The SMILES string of the molecule is CC1NCCCC1NC(=O)CCCc1nc(-c2cccs2)no1. The molecular weight excluding hydrogens is 312 g/mol. The number of amides is 1. The van der Waals surface area contributed by atoms with E-state index < -0.39 is 0 Å². The van der Waals surface area contributed by atoms with Crippen LogP contribution >= 0.6 is 11.3 Å². The Morgan fingerprint density at radius 1 is 1.57 bits per heavy atom. The monoisotopic (exact) mass is 334 g/mol. The van der Waals surface area contributed by atoms with Gasteiger partial charge in [0.2, 0.25) is 17.6 Å². The van der Waals surface area contributed by atoms with E-state index in [0.29, 0.717) is 37.0 Å². The second kappa shape index (κ2) is 7.70. The molecule has 1 aliphatic rings. The van der Waals surface area contributed by atoms with Crippen molar-refractivity contribution in [2.45, 2.75) is 51.1 Å². The first-order chi connectivity index (χ1) is 11.2. The van der Waals surface area contributed by atoms with E-state index in [4.69, 9.17) is 4.52 Å². The number of aryl methyl sites for hydroxylation is 1. The average Bonchev–Trinajstić information content (AvgIpc) is 3.20. The molecule has 2 aromatic rings. The maximum atomic E-state index is 12.0. The minimum atomic E-state index is 0.101. The highest BCUT2D eigenvalue weighted by Crippen LogP contribution is 2.21. The zero-order valence-electron chi connectivity index (χ0n) is 13.2. The summed E-state index contributed by atoms with van der Waals surface area (Å²) < 4.78 is 5.24. The van der Waals surface area contributed by atoms with Crippen LogP contribution in [0, 0.1) is 0 Å². The maximum Gasteiger partial charge on any atom is 0.226 e. The predicted octanol–water partition coefficient (Wildman–Crippen LogP) is 2.38. The van der Waals surface area contributed by atoms with Gasteiger partial charge in [-0.1, -0.05) is 11.2 Å². The normalized spacial score (nSPS) is 21.3. The number of nitrogens with one attached hydrogen (secondary N) is 2. The van der Waals surface area contributed by atoms with Crippen molar-refractivity contribution in [1.29, 1.82) is 0 Å². The Morgan fingerprint density at radius 3 is 3.26 bits per heavy atom. The molecule has 0 radical (unpaired) electrons. The fourth-order valence-corrected chi connectivity index (χ4v) is 3.43. The molecule has 1 saturated heterocycles. The van der Waals surface area contributed by atoms with Crippen LogP contribution in [0.3, 0.4) is 0 Å². The van der Waals surface area contributed by atoms with Crippen molar-refractivity contribution in [3.63, 3.8) is 0 Å². The molecule has 1 aliphatic heterocycles. The number of hydrogen-bond acceptors (Lipinski definition) is 6. The summed E-state index contributed by atoms with van der Waals surface area (Å²) in [4.78, 5) is 17.4. The highest BCUT2D eigenvalue weighted by molar-refractivity contribution is 7.13. The van der Waals surface area contributed by atoms with Crippen LogP contribution in [0.2, 0.25) is 0 Å². The Hall–Kier alpha value is -1.73. The highest BCUT2D eigenvalue weighted by Gasteiger charge is 2.22. The molecule has 6 nitrogen and oxygen atoms in total. The van der Waals surface area contributed by atoms with E-state index in [1.807, 2.05) is 17.5 Å². The summed E-state index contributed by atoms with van der Waals surface area (Å²) in [6.45, 7) is 3.16. The lowest BCUT2D eigenvalue weighted by Gasteiger charge is -2.30. The van der Waals surface area contributed by atoms with Crippen molar-refractivity contribution in [3.8, 4) is 10.7 Å². The van der Waals surface area contributed by atoms with Gasteiger partial charge in [-0.05, 0) is 44.2 Å². The van der Waals surface area contributed by atoms with Gasteiger partial charge in [-0.2, -0.15) is 4.98 Å². The number of hydrogen-bond donors (Lipinski definition) is 2. The molecule has 3 rings (SSSR count). The van der Waals surface area contributed by atoms with Gasteiger partial charge < -0.3 is 15.2 Å². The molecule has 1 amide bonds. The Labute approximate surface area is 139 Å². The van der Waals surface area contributed by atoms with Crippen LogP contribution in [0.1, 0.15) is 38.5 Å². The molecule has 7 heteroatoms. The number of carbonyl (C=O) groups is 1. The first kappa shape index (κ1) is 16.1. The Balaban J connectivity index is 1.41. The van der Waals surface area contributed by atoms with E-state index in [-0.39, 0.29) is 11.9 Å². The van der Waals surface area contributed by atoms with Gasteiger partial charge in [0.1, 0.15) is 0 Å². The van der Waals surface area contributed by atoms with E-state index >= 15 is 0 Å². The minimum absolute atomic E-state index is 0.101. The summed E-state index contributed by atoms with van der Waals surface area (Å²) in [7, 11) is 0. The van der Waals surface area contributed by atoms with Crippen LogP contribution in [-0.4, -0.2) is 34.7 Å². The first-order valence-electron chi connectivity index (χ1n) is 8.11. The molecule has 2 unspecified atom stereocenters. The van der Waals surface area contributed by atoms with Crippen LogP contribution in [0.15, 0.2) is 22.0 Å². The van der Waals surface area contributed by atoms with Crippen molar-refractivity contribution in [1.82, 2.24) is 20.8 Å². The van der Waals surface area contributed by atoms with E-state index in [0.717, 1.165) is 24.3 Å². The van der Waals surface area contributed by atoms with E-state index in [1.165, 1.54) is 0 Å². The van der Waals surface area contributed by atoms with Crippen molar-refractivity contribution in [2.75, 3.05) is 6.54 Å². The van der Waals surface area contributed by atoms with Gasteiger partial charge in [0.05, 0.1) is 4.88 Å². The lowest BCUT2D eigenvalue weighted by Crippen LogP contribution is -2.51. The Morgan fingerprint density at radius 2 is 2.48 bits per heavy atom. The number of nitrogens with zero attached hydrogens (tertiary/aromatic N) is 2. The molecule has 0 aliphatic carbocycles. The molecule has 23 heavy (non-hydrogen) atoms. The quantitative estimate of drug-likeness (QED) is 0.848. The molecule has 0 bridgehead atoms. The summed E-state index contributed by atoms with van der Waals surface area (Å²) in [5.74, 6) is 1.32. The summed E-state index contributed by atoms with van der Waals surface area (Å²) in [6.07, 6.45) is 3.99. The van der Waals surface area contributed by atoms with Crippen molar-refractivity contribution in [2.24, 2.45) is 0 Å². The maximum absolute atomic E-state index is 12.0. The van der Waals surface area contributed by atoms with Crippen LogP contribution in [-0.2, 0) is 11.2 Å². The van der Waals surface area contributed by atoms with Gasteiger partial charge in [-0.25, -0.2) is 0 Å². The van der Waals surface area contributed by atoms with Gasteiger partial charge >= 0.3 is 0 Å². The molecule has 1 fully saturated rings. The van der Waals surface area contributed by atoms with E-state index in [1.54, 1.807) is 11.3 Å². The third-order valence-corrected chi connectivity index (χ3v) is 4.98. The molecule has 2 aromatic heterocycles. The highest BCUT2D eigenvalue weighted by atomic mass is 32.1. The third kappa shape index (κ3) is 4.39. The van der Waals surface area contributed by atoms with Crippen LogP contribution in [0.4, 0.5) is 0 Å². The summed E-state index contributed by atoms with van der Waals surface area (Å²) in [5.41, 5.74) is 0. The van der Waals surface area contributed by atoms with Crippen molar-refractivity contribution in [3.05, 3.63) is 23.4 Å². The zero-order chi connectivity index (χ0) is 16.1. The smallest absolute Gasteiger partial charge is 0.226 e. The number of rotatable bonds is 6. The van der Waals surface area contributed by atoms with Crippen LogP contribution in [0.5, 0.6) is 0 Å². The standard InChI is InChI=1S/C16H22N4O2S/c1-11-12(5-3-9-17-11)18-14(21)7-2-8-15-19-16(20-22-15)13-6-4-10-23-13/h4,6,10-12,17H,2-3,5,7-9H2,1H3,(H,18,21). The Bertz CT molecular complexity index is 626. The van der Waals surface area contributed by atoms with Gasteiger partial charge in [-0.3, -0.25) is 4.79 Å². The van der Waals surface area contributed by atoms with Gasteiger partial charge in [0, 0.05) is 24.9 Å². The summed E-state index contributed by atoms with van der Waals surface area (Å²) in [5, 5.41) is 12.5. The number of aromatic nitrogens is 2. The molecule has 0 saturated carbocycles. The molecule has 0 aromatic carbocycles. The number of carbonyl (C=O) groups excluding carboxylic acids is 1. The molecule has 2 atom stereocenters. The lowest BCUT2D eigenvalue weighted by atomic mass is 9.99. The largest absolute Gasteiger partial charge is 0.352 e. The molecular formula is C16H22N4O2S. The predicted molar refractivity (Wildman–Crippen MR) is 89.2 cm³/mol. The van der Waals surface area contributed by atoms with Gasteiger partial charge in [0.15, 0.2) is 0 Å². The second-order valence-corrected chi connectivity index (χ2v) is 6.85. The van der Waals surface area contributed by atoms with E-state index in [2.05, 4.69) is 27.7 Å². The first-order valence-corrected chi connectivity index (χ1v) is 8.99. The third-order valence-electron chi connectivity index (χ3n) is 4.11. The van der Waals surface area contributed by atoms with Gasteiger partial charge in [-0.15, -0.1) is 11.3 Å². The zero-order valence-corrected chi connectivity index (χ0v) is 14.1. The number of piperidine rings is 1. The number of thiophene rings is 1. The molecule has 2 N–H and O–H groups in total. The fourth-order valence-electron chi connectivity index (χ4n) is 2.78. The second-order valence-electron chi connectivity index (χ2n) is 5.90. The fraction of sp³-hybridized carbons (Fsp3) is 0.562. The van der Waals surface area contributed by atoms with Crippen LogP contribution in [0.25, 0.3) is 10.7 Å².